The minimum absolute atomic E-state index is 0.164. The van der Waals surface area contributed by atoms with Crippen LogP contribution in [0.4, 0.5) is 0 Å². The number of pyridine rings is 1. The summed E-state index contributed by atoms with van der Waals surface area (Å²) < 4.78 is 2.08. The van der Waals surface area contributed by atoms with Crippen molar-refractivity contribution in [2.75, 3.05) is 0 Å². The number of hydrazine groups is 1. The number of hydrogen-bond donors (Lipinski definition) is 2. The third-order valence-electron chi connectivity index (χ3n) is 2.95. The Morgan fingerprint density at radius 2 is 1.94 bits per heavy atom. The second kappa shape index (κ2) is 5.42. The molecule has 1 unspecified atom stereocenters. The molecule has 0 saturated heterocycles. The Hall–Kier alpha value is -2.20. The Morgan fingerprint density at radius 1 is 1.22 bits per heavy atom. The first-order valence-corrected chi connectivity index (χ1v) is 5.79. The van der Waals surface area contributed by atoms with Crippen molar-refractivity contribution in [2.24, 2.45) is 5.84 Å². The number of aromatic nitrogens is 1. The molecule has 0 radical (unpaired) electrons. The van der Waals surface area contributed by atoms with E-state index in [1.165, 1.54) is 0 Å². The number of nitrogens with two attached hydrogens (primary N) is 1. The number of carbonyl (C=O) groups excluding carboxylic acids is 1. The topological polar surface area (TPSA) is 59.0 Å². The number of amides is 1. The molecule has 1 aromatic carbocycles. The highest BCUT2D eigenvalue weighted by molar-refractivity contribution is 5.93. The van der Waals surface area contributed by atoms with E-state index in [-0.39, 0.29) is 11.9 Å². The van der Waals surface area contributed by atoms with Gasteiger partial charge in [-0.25, -0.2) is 5.84 Å². The lowest BCUT2D eigenvalue weighted by Gasteiger charge is -2.08. The molecule has 18 heavy (non-hydrogen) atoms. The van der Waals surface area contributed by atoms with Crippen LogP contribution < -0.4 is 15.8 Å². The van der Waals surface area contributed by atoms with Gasteiger partial charge in [-0.15, -0.1) is 0 Å². The lowest BCUT2D eigenvalue weighted by Crippen LogP contribution is -2.37. The Bertz CT molecular complexity index is 540. The summed E-state index contributed by atoms with van der Waals surface area (Å²) in [5.74, 6) is 4.86. The van der Waals surface area contributed by atoms with Crippen molar-refractivity contribution in [1.29, 1.82) is 0 Å². The van der Waals surface area contributed by atoms with Gasteiger partial charge in [-0.2, -0.15) is 4.57 Å². The molecular weight excluding hydrogens is 226 g/mol. The van der Waals surface area contributed by atoms with E-state index in [1.807, 2.05) is 48.8 Å². The highest BCUT2D eigenvalue weighted by Crippen LogP contribution is 2.13. The summed E-state index contributed by atoms with van der Waals surface area (Å²) in [7, 11) is 0. The number of nitrogens with one attached hydrogen (secondary N) is 1. The maximum atomic E-state index is 11.5. The normalized spacial score (nSPS) is 11.9. The first-order chi connectivity index (χ1) is 8.72. The summed E-state index contributed by atoms with van der Waals surface area (Å²) in [5.41, 5.74) is 3.77. The van der Waals surface area contributed by atoms with E-state index < -0.39 is 0 Å². The van der Waals surface area contributed by atoms with Gasteiger partial charge in [0, 0.05) is 30.2 Å². The zero-order valence-electron chi connectivity index (χ0n) is 10.2. The predicted molar refractivity (Wildman–Crippen MR) is 68.5 cm³/mol. The smallest absolute Gasteiger partial charge is 0.265 e. The van der Waals surface area contributed by atoms with Crippen LogP contribution in [-0.2, 0) is 0 Å². The summed E-state index contributed by atoms with van der Waals surface area (Å²) in [6.45, 7) is 2.08. The summed E-state index contributed by atoms with van der Waals surface area (Å²) in [6, 6.07) is 13.6. The van der Waals surface area contributed by atoms with Crippen molar-refractivity contribution in [3.63, 3.8) is 0 Å². The molecule has 92 valence electrons. The van der Waals surface area contributed by atoms with Crippen molar-refractivity contribution < 1.29 is 9.36 Å². The first-order valence-electron chi connectivity index (χ1n) is 5.79. The molecule has 4 heteroatoms. The minimum atomic E-state index is -0.276. The van der Waals surface area contributed by atoms with Gasteiger partial charge < -0.3 is 0 Å². The largest absolute Gasteiger partial charge is 0.290 e. The predicted octanol–water partition coefficient (Wildman–Crippen LogP) is 1.19. The zero-order valence-corrected chi connectivity index (χ0v) is 10.2. The van der Waals surface area contributed by atoms with E-state index in [0.29, 0.717) is 5.56 Å². The second-order valence-corrected chi connectivity index (χ2v) is 4.10. The van der Waals surface area contributed by atoms with Crippen molar-refractivity contribution >= 4 is 5.91 Å². The quantitative estimate of drug-likeness (QED) is 0.367. The third kappa shape index (κ3) is 2.55. The Morgan fingerprint density at radius 3 is 2.61 bits per heavy atom. The van der Waals surface area contributed by atoms with Gasteiger partial charge in [0.25, 0.3) is 5.91 Å². The average molecular weight is 242 g/mol. The van der Waals surface area contributed by atoms with E-state index in [2.05, 4.69) is 16.9 Å². The third-order valence-corrected chi connectivity index (χ3v) is 2.95. The zero-order chi connectivity index (χ0) is 13.0. The number of hydrogen-bond acceptors (Lipinski definition) is 2. The first kappa shape index (κ1) is 12.3. The molecule has 3 N–H and O–H groups in total. The Balaban J connectivity index is 2.31. The Labute approximate surface area is 106 Å². The lowest BCUT2D eigenvalue weighted by molar-refractivity contribution is -0.710. The number of benzene rings is 1. The number of rotatable bonds is 3. The fourth-order valence-electron chi connectivity index (χ4n) is 1.87. The van der Waals surface area contributed by atoms with Crippen molar-refractivity contribution in [1.82, 2.24) is 5.43 Å². The van der Waals surface area contributed by atoms with Crippen LogP contribution in [0.3, 0.4) is 0 Å². The van der Waals surface area contributed by atoms with Crippen LogP contribution >= 0.6 is 0 Å². The van der Waals surface area contributed by atoms with E-state index in [9.17, 15) is 4.79 Å². The maximum absolute atomic E-state index is 11.5. The van der Waals surface area contributed by atoms with Gasteiger partial charge in [0.1, 0.15) is 0 Å². The van der Waals surface area contributed by atoms with Crippen LogP contribution in [0.15, 0.2) is 54.9 Å². The van der Waals surface area contributed by atoms with Crippen LogP contribution in [0.5, 0.6) is 0 Å². The number of nitrogen functional groups attached to an aromatic ring is 1. The van der Waals surface area contributed by atoms with Crippen molar-refractivity contribution in [2.45, 2.75) is 13.0 Å². The molecule has 0 aliphatic heterocycles. The summed E-state index contributed by atoms with van der Waals surface area (Å²) in [6.07, 6.45) is 4.00. The molecule has 1 amide bonds. The summed E-state index contributed by atoms with van der Waals surface area (Å²) in [4.78, 5) is 11.5. The molecule has 0 bridgehead atoms. The van der Waals surface area contributed by atoms with Gasteiger partial charge in [0.05, 0.1) is 0 Å². The molecule has 0 aliphatic rings. The molecule has 1 heterocycles. The molecule has 2 aromatic rings. The van der Waals surface area contributed by atoms with Gasteiger partial charge in [0.2, 0.25) is 0 Å². The second-order valence-electron chi connectivity index (χ2n) is 4.10. The van der Waals surface area contributed by atoms with Gasteiger partial charge >= 0.3 is 0 Å². The fraction of sp³-hybridized carbons (Fsp3) is 0.143. The average Bonchev–Trinajstić information content (AvgIpc) is 2.46. The van der Waals surface area contributed by atoms with Crippen LogP contribution in [0.2, 0.25) is 0 Å². The number of nitrogens with zero attached hydrogens (tertiary/aromatic N) is 1. The maximum Gasteiger partial charge on any atom is 0.265 e. The molecule has 0 spiro atoms. The van der Waals surface area contributed by atoms with Crippen molar-refractivity contribution in [3.05, 3.63) is 66.0 Å². The Kier molecular flexibility index (Phi) is 3.69. The van der Waals surface area contributed by atoms with Crippen LogP contribution in [0.1, 0.15) is 28.9 Å². The van der Waals surface area contributed by atoms with Crippen LogP contribution in [0.25, 0.3) is 0 Å². The summed E-state index contributed by atoms with van der Waals surface area (Å²) >= 11 is 0. The molecule has 2 rings (SSSR count). The van der Waals surface area contributed by atoms with Gasteiger partial charge in [-0.05, 0) is 12.1 Å². The lowest BCUT2D eigenvalue weighted by atomic mass is 10.0. The van der Waals surface area contributed by atoms with Gasteiger partial charge in [-0.3, -0.25) is 10.2 Å². The number of carbonyl (C=O) groups is 1. The monoisotopic (exact) mass is 242 g/mol. The SMILES string of the molecule is CC(c1cccc(C(=O)NN)c1)[n+]1ccccc1. The van der Waals surface area contributed by atoms with Gasteiger partial charge in [0.15, 0.2) is 18.4 Å². The van der Waals surface area contributed by atoms with Gasteiger partial charge in [-0.1, -0.05) is 18.2 Å². The molecule has 0 aliphatic carbocycles. The van der Waals surface area contributed by atoms with E-state index >= 15 is 0 Å². The van der Waals surface area contributed by atoms with E-state index in [4.69, 9.17) is 5.84 Å². The minimum Gasteiger partial charge on any atom is -0.290 e. The van der Waals surface area contributed by atoms with Crippen LogP contribution in [0, 0.1) is 0 Å². The molecule has 1 aromatic heterocycles. The molecular formula is C14H16N3O+. The van der Waals surface area contributed by atoms with E-state index in [0.717, 1.165) is 5.56 Å². The standard InChI is InChI=1S/C14H15N3O/c1-11(17-8-3-2-4-9-17)12-6-5-7-13(10-12)14(18)16-15/h2-11H,15H2,1H3/p+1. The highest BCUT2D eigenvalue weighted by Gasteiger charge is 2.15. The molecule has 0 fully saturated rings. The van der Waals surface area contributed by atoms with Crippen molar-refractivity contribution in [3.8, 4) is 0 Å². The van der Waals surface area contributed by atoms with E-state index in [1.54, 1.807) is 6.07 Å². The molecule has 1 atom stereocenters. The highest BCUT2D eigenvalue weighted by atomic mass is 16.2. The van der Waals surface area contributed by atoms with Crippen LogP contribution in [-0.4, -0.2) is 5.91 Å². The summed E-state index contributed by atoms with van der Waals surface area (Å²) in [5, 5.41) is 0. The molecule has 0 saturated carbocycles. The fourth-order valence-corrected chi connectivity index (χ4v) is 1.87. The molecule has 4 nitrogen and oxygen atoms in total.